The maximum Gasteiger partial charge on any atom is 0.227 e. The molecule has 26 heavy (non-hydrogen) atoms. The lowest BCUT2D eigenvalue weighted by atomic mass is 10.1. The third kappa shape index (κ3) is 4.51. The Morgan fingerprint density at radius 1 is 1.00 bits per heavy atom. The van der Waals surface area contributed by atoms with Crippen LogP contribution < -0.4 is 0 Å². The topological polar surface area (TPSA) is 40.6 Å². The first kappa shape index (κ1) is 18.2. The Hall–Kier alpha value is -2.62. The lowest BCUT2D eigenvalue weighted by Gasteiger charge is -2.23. The van der Waals surface area contributed by atoms with Crippen LogP contribution in [-0.4, -0.2) is 41.2 Å². The van der Waals surface area contributed by atoms with E-state index in [0.29, 0.717) is 39.0 Å². The molecule has 2 aromatic carbocycles. The summed E-state index contributed by atoms with van der Waals surface area (Å²) in [5.74, 6) is 0.224. The summed E-state index contributed by atoms with van der Waals surface area (Å²) in [6, 6.07) is 16.2. The Bertz CT molecular complexity index is 800. The van der Waals surface area contributed by atoms with Gasteiger partial charge in [-0.3, -0.25) is 9.59 Å². The zero-order chi connectivity index (χ0) is 18.5. The van der Waals surface area contributed by atoms with Gasteiger partial charge in [-0.15, -0.1) is 0 Å². The number of carbonyl (C=O) groups excluding carboxylic acids is 2. The van der Waals surface area contributed by atoms with E-state index in [9.17, 15) is 9.59 Å². The van der Waals surface area contributed by atoms with Crippen molar-refractivity contribution in [2.24, 2.45) is 0 Å². The van der Waals surface area contributed by atoms with Gasteiger partial charge in [0.2, 0.25) is 11.8 Å². The van der Waals surface area contributed by atoms with E-state index < -0.39 is 0 Å². The van der Waals surface area contributed by atoms with Gasteiger partial charge in [0.1, 0.15) is 0 Å². The van der Waals surface area contributed by atoms with Crippen LogP contribution >= 0.6 is 0 Å². The second kappa shape index (κ2) is 8.17. The molecule has 1 fully saturated rings. The lowest BCUT2D eigenvalue weighted by molar-refractivity contribution is -0.130. The average Bonchev–Trinajstić information content (AvgIpc) is 2.79. The summed E-state index contributed by atoms with van der Waals surface area (Å²) in [7, 11) is 0. The number of nitrogens with zero attached hydrogens (tertiary/aromatic N) is 2. The van der Waals surface area contributed by atoms with Gasteiger partial charge in [-0.25, -0.2) is 0 Å². The van der Waals surface area contributed by atoms with E-state index in [0.717, 1.165) is 16.7 Å². The van der Waals surface area contributed by atoms with Gasteiger partial charge in [-0.1, -0.05) is 54.1 Å². The van der Waals surface area contributed by atoms with Crippen LogP contribution in [0.5, 0.6) is 0 Å². The molecule has 0 saturated carbocycles. The van der Waals surface area contributed by atoms with Crippen LogP contribution in [-0.2, 0) is 22.6 Å². The normalized spacial score (nSPS) is 15.1. The number of rotatable bonds is 4. The Morgan fingerprint density at radius 3 is 2.58 bits per heavy atom. The Labute approximate surface area is 155 Å². The van der Waals surface area contributed by atoms with Crippen LogP contribution in [0.4, 0.5) is 0 Å². The highest BCUT2D eigenvalue weighted by Crippen LogP contribution is 2.14. The molecule has 0 radical (unpaired) electrons. The minimum atomic E-state index is 0.101. The van der Waals surface area contributed by atoms with Crippen LogP contribution in [0, 0.1) is 13.8 Å². The highest BCUT2D eigenvalue weighted by atomic mass is 16.2. The zero-order valence-electron chi connectivity index (χ0n) is 15.6. The Kier molecular flexibility index (Phi) is 5.71. The van der Waals surface area contributed by atoms with E-state index >= 15 is 0 Å². The molecule has 2 amide bonds. The number of carbonyl (C=O) groups is 2. The van der Waals surface area contributed by atoms with Crippen molar-refractivity contribution in [1.82, 2.24) is 9.80 Å². The van der Waals surface area contributed by atoms with E-state index in [4.69, 9.17) is 0 Å². The van der Waals surface area contributed by atoms with Gasteiger partial charge < -0.3 is 9.80 Å². The standard InChI is InChI=1S/C22H26N2O2/c1-17-6-5-8-19(14-17)16-24-13-12-23(11-10-21(24)25)22(26)15-20-9-4-3-7-18(20)2/h3-9,14H,10-13,15-16H2,1-2H3. The van der Waals surface area contributed by atoms with Gasteiger partial charge in [0, 0.05) is 32.6 Å². The zero-order valence-corrected chi connectivity index (χ0v) is 15.6. The quantitative estimate of drug-likeness (QED) is 0.850. The molecule has 4 nitrogen and oxygen atoms in total. The van der Waals surface area contributed by atoms with Crippen molar-refractivity contribution in [2.45, 2.75) is 33.2 Å². The predicted octanol–water partition coefficient (Wildman–Crippen LogP) is 3.11. The molecule has 1 aliphatic heterocycles. The number of amides is 2. The lowest BCUT2D eigenvalue weighted by Crippen LogP contribution is -2.36. The van der Waals surface area contributed by atoms with Crippen molar-refractivity contribution < 1.29 is 9.59 Å². The molecule has 3 rings (SSSR count). The monoisotopic (exact) mass is 350 g/mol. The molecule has 0 bridgehead atoms. The van der Waals surface area contributed by atoms with Gasteiger partial charge in [-0.05, 0) is 30.5 Å². The average molecular weight is 350 g/mol. The molecular weight excluding hydrogens is 324 g/mol. The maximum absolute atomic E-state index is 12.7. The summed E-state index contributed by atoms with van der Waals surface area (Å²) in [6.45, 7) is 6.39. The molecule has 2 aromatic rings. The van der Waals surface area contributed by atoms with Gasteiger partial charge in [0.25, 0.3) is 0 Å². The molecule has 1 saturated heterocycles. The van der Waals surface area contributed by atoms with Crippen molar-refractivity contribution in [1.29, 1.82) is 0 Å². The number of benzene rings is 2. The van der Waals surface area contributed by atoms with Crippen LogP contribution in [0.2, 0.25) is 0 Å². The first-order valence-corrected chi connectivity index (χ1v) is 9.18. The van der Waals surface area contributed by atoms with E-state index in [1.165, 1.54) is 5.56 Å². The van der Waals surface area contributed by atoms with Gasteiger partial charge >= 0.3 is 0 Å². The SMILES string of the molecule is Cc1cccc(CN2CCN(C(=O)Cc3ccccc3C)CCC2=O)c1. The van der Waals surface area contributed by atoms with Gasteiger partial charge in [-0.2, -0.15) is 0 Å². The van der Waals surface area contributed by atoms with Crippen LogP contribution in [0.3, 0.4) is 0 Å². The highest BCUT2D eigenvalue weighted by Gasteiger charge is 2.24. The smallest absolute Gasteiger partial charge is 0.227 e. The molecule has 136 valence electrons. The number of hydrogen-bond acceptors (Lipinski definition) is 2. The molecule has 4 heteroatoms. The summed E-state index contributed by atoms with van der Waals surface area (Å²) in [6.07, 6.45) is 0.796. The van der Waals surface area contributed by atoms with Crippen molar-refractivity contribution in [3.05, 3.63) is 70.8 Å². The van der Waals surface area contributed by atoms with Crippen LogP contribution in [0.1, 0.15) is 28.7 Å². The fourth-order valence-corrected chi connectivity index (χ4v) is 3.40. The molecule has 1 aliphatic rings. The third-order valence-electron chi connectivity index (χ3n) is 5.00. The summed E-state index contributed by atoms with van der Waals surface area (Å²) in [5.41, 5.74) is 4.52. The summed E-state index contributed by atoms with van der Waals surface area (Å²) in [4.78, 5) is 28.9. The maximum atomic E-state index is 12.7. The van der Waals surface area contributed by atoms with Crippen molar-refractivity contribution in [3.8, 4) is 0 Å². The van der Waals surface area contributed by atoms with E-state index in [1.807, 2.05) is 53.1 Å². The minimum Gasteiger partial charge on any atom is -0.340 e. The van der Waals surface area contributed by atoms with E-state index in [-0.39, 0.29) is 11.8 Å². The second-order valence-electron chi connectivity index (χ2n) is 7.04. The molecule has 0 N–H and O–H groups in total. The molecule has 1 heterocycles. The Balaban J connectivity index is 1.62. The molecule has 0 atom stereocenters. The molecule has 0 aromatic heterocycles. The molecular formula is C22H26N2O2. The first-order chi connectivity index (χ1) is 12.5. The van der Waals surface area contributed by atoms with Gasteiger partial charge in [0.05, 0.1) is 6.42 Å². The minimum absolute atomic E-state index is 0.101. The second-order valence-corrected chi connectivity index (χ2v) is 7.04. The van der Waals surface area contributed by atoms with Crippen LogP contribution in [0.15, 0.2) is 48.5 Å². The molecule has 0 unspecified atom stereocenters. The van der Waals surface area contributed by atoms with Gasteiger partial charge in [0.15, 0.2) is 0 Å². The Morgan fingerprint density at radius 2 is 1.81 bits per heavy atom. The third-order valence-corrected chi connectivity index (χ3v) is 5.00. The largest absolute Gasteiger partial charge is 0.340 e. The summed E-state index contributed by atoms with van der Waals surface area (Å²) < 4.78 is 0. The van der Waals surface area contributed by atoms with Crippen molar-refractivity contribution in [2.75, 3.05) is 19.6 Å². The van der Waals surface area contributed by atoms with E-state index in [2.05, 4.69) is 19.1 Å². The van der Waals surface area contributed by atoms with Crippen molar-refractivity contribution in [3.63, 3.8) is 0 Å². The van der Waals surface area contributed by atoms with Crippen molar-refractivity contribution >= 4 is 11.8 Å². The van der Waals surface area contributed by atoms with Crippen LogP contribution in [0.25, 0.3) is 0 Å². The fraction of sp³-hybridized carbons (Fsp3) is 0.364. The number of hydrogen-bond donors (Lipinski definition) is 0. The summed E-state index contributed by atoms with van der Waals surface area (Å²) >= 11 is 0. The summed E-state index contributed by atoms with van der Waals surface area (Å²) in [5, 5.41) is 0. The highest BCUT2D eigenvalue weighted by molar-refractivity contribution is 5.81. The fourth-order valence-electron chi connectivity index (χ4n) is 3.40. The first-order valence-electron chi connectivity index (χ1n) is 9.18. The molecule has 0 aliphatic carbocycles. The number of aryl methyl sites for hydroxylation is 2. The molecule has 0 spiro atoms. The predicted molar refractivity (Wildman–Crippen MR) is 103 cm³/mol. The van der Waals surface area contributed by atoms with E-state index in [1.54, 1.807) is 0 Å².